The molecule has 0 aliphatic carbocycles. The van der Waals surface area contributed by atoms with E-state index in [1.165, 1.54) is 6.07 Å². The van der Waals surface area contributed by atoms with Gasteiger partial charge in [-0.25, -0.2) is 17.2 Å². The Balaban J connectivity index is 2.26. The average Bonchev–Trinajstić information content (AvgIpc) is 2.82. The zero-order valence-corrected chi connectivity index (χ0v) is 12.4. The molecular weight excluding hydrogens is 318 g/mol. The molecule has 9 heteroatoms. The lowest BCUT2D eigenvalue weighted by molar-refractivity contribution is -0.115. The number of amides is 1. The van der Waals surface area contributed by atoms with Crippen LogP contribution < -0.4 is 5.32 Å². The van der Waals surface area contributed by atoms with Gasteiger partial charge in [-0.1, -0.05) is 5.16 Å². The molecule has 0 saturated carbocycles. The van der Waals surface area contributed by atoms with Gasteiger partial charge in [-0.15, -0.1) is 0 Å². The van der Waals surface area contributed by atoms with Crippen molar-refractivity contribution < 1.29 is 26.5 Å². The van der Waals surface area contributed by atoms with Crippen molar-refractivity contribution in [3.8, 4) is 0 Å². The molecule has 1 heterocycles. The highest BCUT2D eigenvalue weighted by molar-refractivity contribution is 7.92. The molecule has 0 bridgehead atoms. The molecule has 6 nitrogen and oxygen atoms in total. The van der Waals surface area contributed by atoms with Crippen LogP contribution in [0.5, 0.6) is 0 Å². The molecule has 22 heavy (non-hydrogen) atoms. The van der Waals surface area contributed by atoms with E-state index in [1.807, 2.05) is 0 Å². The Morgan fingerprint density at radius 3 is 2.55 bits per heavy atom. The Hall–Kier alpha value is -2.29. The van der Waals surface area contributed by atoms with Crippen LogP contribution in [0.25, 0.3) is 0 Å². The largest absolute Gasteiger partial charge is 0.360 e. The molecule has 1 atom stereocenters. The summed E-state index contributed by atoms with van der Waals surface area (Å²) in [5.41, 5.74) is 0. The van der Waals surface area contributed by atoms with Crippen molar-refractivity contribution >= 4 is 21.6 Å². The zero-order valence-electron chi connectivity index (χ0n) is 11.6. The van der Waals surface area contributed by atoms with E-state index in [1.54, 1.807) is 6.92 Å². The number of anilines is 1. The van der Waals surface area contributed by atoms with Gasteiger partial charge in [-0.2, -0.15) is 0 Å². The minimum Gasteiger partial charge on any atom is -0.360 e. The summed E-state index contributed by atoms with van der Waals surface area (Å²) < 4.78 is 55.7. The monoisotopic (exact) mass is 330 g/mol. The molecule has 0 saturated heterocycles. The first-order chi connectivity index (χ1) is 10.2. The van der Waals surface area contributed by atoms with Crippen LogP contribution in [0.15, 0.2) is 33.7 Å². The molecule has 0 unspecified atom stereocenters. The molecule has 1 aromatic heterocycles. The van der Waals surface area contributed by atoms with Gasteiger partial charge in [0.05, 0.1) is 0 Å². The van der Waals surface area contributed by atoms with Crippen molar-refractivity contribution in [1.82, 2.24) is 5.16 Å². The molecule has 1 N–H and O–H groups in total. The molecule has 0 fully saturated rings. The Morgan fingerprint density at radius 2 is 2.00 bits per heavy atom. The van der Waals surface area contributed by atoms with Crippen molar-refractivity contribution in [3.05, 3.63) is 41.7 Å². The topological polar surface area (TPSA) is 89.3 Å². The summed E-state index contributed by atoms with van der Waals surface area (Å²) in [7, 11) is -4.31. The van der Waals surface area contributed by atoms with Crippen molar-refractivity contribution in [2.24, 2.45) is 0 Å². The summed E-state index contributed by atoms with van der Waals surface area (Å²) in [5, 5.41) is 4.15. The smallest absolute Gasteiger partial charge is 0.244 e. The van der Waals surface area contributed by atoms with E-state index in [0.29, 0.717) is 11.8 Å². The lowest BCUT2D eigenvalue weighted by Crippen LogP contribution is -2.33. The Morgan fingerprint density at radius 1 is 1.32 bits per heavy atom. The van der Waals surface area contributed by atoms with E-state index in [-0.39, 0.29) is 5.82 Å². The second-order valence-electron chi connectivity index (χ2n) is 4.57. The zero-order chi connectivity index (χ0) is 16.5. The lowest BCUT2D eigenvalue weighted by atomic mass is 10.3. The van der Waals surface area contributed by atoms with Gasteiger partial charge in [0.2, 0.25) is 5.91 Å². The van der Waals surface area contributed by atoms with Crippen LogP contribution in [0, 0.1) is 18.6 Å². The van der Waals surface area contributed by atoms with Crippen molar-refractivity contribution in [1.29, 1.82) is 0 Å². The van der Waals surface area contributed by atoms with Gasteiger partial charge in [0.25, 0.3) is 0 Å². The number of aromatic nitrogens is 1. The highest BCUT2D eigenvalue weighted by atomic mass is 32.2. The van der Waals surface area contributed by atoms with Gasteiger partial charge in [0, 0.05) is 12.1 Å². The number of halogens is 2. The SMILES string of the molecule is Cc1cc(NC(=O)[C@H](C)S(=O)(=O)c2ccc(F)cc2F)no1. The van der Waals surface area contributed by atoms with Crippen molar-refractivity contribution in [3.63, 3.8) is 0 Å². The first-order valence-corrected chi connectivity index (χ1v) is 7.69. The molecule has 1 amide bonds. The molecule has 0 radical (unpaired) electrons. The van der Waals surface area contributed by atoms with Gasteiger partial charge in [0.15, 0.2) is 15.7 Å². The normalized spacial score (nSPS) is 12.9. The molecule has 1 aromatic carbocycles. The number of nitrogens with zero attached hydrogens (tertiary/aromatic N) is 1. The summed E-state index contributed by atoms with van der Waals surface area (Å²) >= 11 is 0. The van der Waals surface area contributed by atoms with Gasteiger partial charge in [0.1, 0.15) is 27.5 Å². The Labute approximate surface area is 125 Å². The quantitative estimate of drug-likeness (QED) is 0.867. The third kappa shape index (κ3) is 3.14. The lowest BCUT2D eigenvalue weighted by Gasteiger charge is -2.12. The molecule has 0 spiro atoms. The number of aryl methyl sites for hydroxylation is 1. The highest BCUT2D eigenvalue weighted by Gasteiger charge is 2.32. The van der Waals surface area contributed by atoms with Gasteiger partial charge in [-0.3, -0.25) is 4.79 Å². The second-order valence-corrected chi connectivity index (χ2v) is 6.81. The third-order valence-electron chi connectivity index (χ3n) is 2.91. The van der Waals surface area contributed by atoms with E-state index >= 15 is 0 Å². The third-order valence-corrected chi connectivity index (χ3v) is 5.00. The predicted octanol–water partition coefficient (Wildman–Crippen LogP) is 2.06. The standard InChI is InChI=1S/C13H12F2N2O4S/c1-7-5-12(17-21-7)16-13(18)8(2)22(19,20)11-4-3-9(14)6-10(11)15/h3-6,8H,1-2H3,(H,16,17,18)/t8-/m0/s1. The van der Waals surface area contributed by atoms with Crippen molar-refractivity contribution in [2.45, 2.75) is 24.0 Å². The number of rotatable bonds is 4. The molecule has 118 valence electrons. The van der Waals surface area contributed by atoms with Crippen molar-refractivity contribution in [2.75, 3.05) is 5.32 Å². The second kappa shape index (κ2) is 5.84. The van der Waals surface area contributed by atoms with E-state index in [2.05, 4.69) is 10.5 Å². The number of carbonyl (C=O) groups excluding carboxylic acids is 1. The first-order valence-electron chi connectivity index (χ1n) is 6.15. The summed E-state index contributed by atoms with van der Waals surface area (Å²) in [4.78, 5) is 11.2. The average molecular weight is 330 g/mol. The predicted molar refractivity (Wildman–Crippen MR) is 72.9 cm³/mol. The fourth-order valence-corrected chi connectivity index (χ4v) is 3.00. The number of nitrogens with one attached hydrogen (secondary N) is 1. The number of hydrogen-bond donors (Lipinski definition) is 1. The van der Waals surface area contributed by atoms with E-state index in [9.17, 15) is 22.0 Å². The van der Waals surface area contributed by atoms with Gasteiger partial charge < -0.3 is 9.84 Å². The van der Waals surface area contributed by atoms with E-state index < -0.39 is 37.5 Å². The maximum absolute atomic E-state index is 13.6. The fraction of sp³-hybridized carbons (Fsp3) is 0.231. The maximum Gasteiger partial charge on any atom is 0.244 e. The Kier molecular flexibility index (Phi) is 4.27. The minimum absolute atomic E-state index is 0.0455. The van der Waals surface area contributed by atoms with Crippen LogP contribution in [0.2, 0.25) is 0 Å². The van der Waals surface area contributed by atoms with Crippen LogP contribution in [-0.2, 0) is 14.6 Å². The molecule has 0 aliphatic rings. The number of carbonyl (C=O) groups is 1. The number of benzene rings is 1. The fourth-order valence-electron chi connectivity index (χ4n) is 1.69. The summed E-state index contributed by atoms with van der Waals surface area (Å²) in [6.45, 7) is 2.69. The van der Waals surface area contributed by atoms with Crippen LogP contribution in [0.4, 0.5) is 14.6 Å². The summed E-state index contributed by atoms with van der Waals surface area (Å²) in [6, 6.07) is 3.43. The number of hydrogen-bond acceptors (Lipinski definition) is 5. The molecule has 2 rings (SSSR count). The van der Waals surface area contributed by atoms with Gasteiger partial charge in [-0.05, 0) is 26.0 Å². The summed E-state index contributed by atoms with van der Waals surface area (Å²) in [5.74, 6) is -2.60. The maximum atomic E-state index is 13.6. The number of sulfone groups is 1. The van der Waals surface area contributed by atoms with E-state index in [0.717, 1.165) is 19.1 Å². The van der Waals surface area contributed by atoms with E-state index in [4.69, 9.17) is 4.52 Å². The van der Waals surface area contributed by atoms with Crippen LogP contribution >= 0.6 is 0 Å². The minimum atomic E-state index is -4.31. The van der Waals surface area contributed by atoms with Crippen LogP contribution in [-0.4, -0.2) is 24.7 Å². The summed E-state index contributed by atoms with van der Waals surface area (Å²) in [6.07, 6.45) is 0. The molecule has 2 aromatic rings. The Bertz CT molecular complexity index is 817. The van der Waals surface area contributed by atoms with Gasteiger partial charge >= 0.3 is 0 Å². The van der Waals surface area contributed by atoms with Crippen LogP contribution in [0.1, 0.15) is 12.7 Å². The van der Waals surface area contributed by atoms with Crippen LogP contribution in [0.3, 0.4) is 0 Å². The highest BCUT2D eigenvalue weighted by Crippen LogP contribution is 2.21. The molecular formula is C13H12F2N2O4S. The molecule has 0 aliphatic heterocycles. The first kappa shape index (κ1) is 16.1.